The summed E-state index contributed by atoms with van der Waals surface area (Å²) in [6, 6.07) is 10.7. The number of rotatable bonds is 4. The second kappa shape index (κ2) is 6.28. The summed E-state index contributed by atoms with van der Waals surface area (Å²) >= 11 is 6.27. The van der Waals surface area contributed by atoms with Gasteiger partial charge in [-0.05, 0) is 35.9 Å². The molecular weight excluding hydrogens is 318 g/mol. The topological polar surface area (TPSA) is 76.4 Å². The van der Waals surface area contributed by atoms with Crippen molar-refractivity contribution in [3.05, 3.63) is 58.9 Å². The number of ether oxygens (including phenoxy) is 1. The SMILES string of the molecule is COc1ccc(Cn2ccc3ccc(C(=O)NO)nc32)c(Cl)c1. The van der Waals surface area contributed by atoms with Gasteiger partial charge in [0, 0.05) is 16.6 Å². The number of fused-ring (bicyclic) bond motifs is 1. The normalized spacial score (nSPS) is 10.7. The predicted octanol–water partition coefficient (Wildman–Crippen LogP) is 2.87. The summed E-state index contributed by atoms with van der Waals surface area (Å²) in [7, 11) is 1.59. The van der Waals surface area contributed by atoms with Gasteiger partial charge in [-0.3, -0.25) is 10.0 Å². The Bertz CT molecular complexity index is 876. The van der Waals surface area contributed by atoms with Crippen LogP contribution in [0.15, 0.2) is 42.6 Å². The van der Waals surface area contributed by atoms with Crippen molar-refractivity contribution in [3.63, 3.8) is 0 Å². The number of halogens is 1. The maximum atomic E-state index is 11.5. The summed E-state index contributed by atoms with van der Waals surface area (Å²) < 4.78 is 7.02. The second-order valence-electron chi connectivity index (χ2n) is 4.95. The highest BCUT2D eigenvalue weighted by Gasteiger charge is 2.11. The number of nitrogens with one attached hydrogen (secondary N) is 1. The summed E-state index contributed by atoms with van der Waals surface area (Å²) in [5.74, 6) is 0.0401. The lowest BCUT2D eigenvalue weighted by Crippen LogP contribution is -2.20. The Kier molecular flexibility index (Phi) is 4.18. The van der Waals surface area contributed by atoms with Gasteiger partial charge in [0.1, 0.15) is 17.1 Å². The average molecular weight is 332 g/mol. The number of aromatic nitrogens is 2. The van der Waals surface area contributed by atoms with Crippen molar-refractivity contribution < 1.29 is 14.7 Å². The molecule has 0 aliphatic carbocycles. The molecule has 118 valence electrons. The van der Waals surface area contributed by atoms with Gasteiger partial charge in [-0.1, -0.05) is 17.7 Å². The van der Waals surface area contributed by atoms with E-state index in [2.05, 4.69) is 4.98 Å². The van der Waals surface area contributed by atoms with Gasteiger partial charge in [0.25, 0.3) is 5.91 Å². The third kappa shape index (κ3) is 2.99. The first kappa shape index (κ1) is 15.3. The minimum absolute atomic E-state index is 0.140. The van der Waals surface area contributed by atoms with Gasteiger partial charge in [-0.2, -0.15) is 0 Å². The van der Waals surface area contributed by atoms with Crippen LogP contribution in [-0.4, -0.2) is 27.8 Å². The fraction of sp³-hybridized carbons (Fsp3) is 0.125. The number of methoxy groups -OCH3 is 1. The molecule has 0 bridgehead atoms. The number of pyridine rings is 1. The van der Waals surface area contributed by atoms with Crippen molar-refractivity contribution in [2.75, 3.05) is 7.11 Å². The molecule has 2 heterocycles. The highest BCUT2D eigenvalue weighted by Crippen LogP contribution is 2.24. The number of carbonyl (C=O) groups is 1. The molecule has 23 heavy (non-hydrogen) atoms. The minimum atomic E-state index is -0.651. The van der Waals surface area contributed by atoms with Gasteiger partial charge in [-0.15, -0.1) is 0 Å². The molecule has 0 radical (unpaired) electrons. The Morgan fingerprint density at radius 3 is 2.87 bits per heavy atom. The lowest BCUT2D eigenvalue weighted by molar-refractivity contribution is 0.0701. The first-order chi connectivity index (χ1) is 11.1. The molecule has 0 saturated heterocycles. The van der Waals surface area contributed by atoms with Crippen LogP contribution in [0.4, 0.5) is 0 Å². The number of hydroxylamine groups is 1. The molecule has 1 amide bonds. The molecule has 0 fully saturated rings. The van der Waals surface area contributed by atoms with E-state index >= 15 is 0 Å². The Morgan fingerprint density at radius 1 is 1.35 bits per heavy atom. The minimum Gasteiger partial charge on any atom is -0.497 e. The lowest BCUT2D eigenvalue weighted by Gasteiger charge is -2.09. The lowest BCUT2D eigenvalue weighted by atomic mass is 10.2. The van der Waals surface area contributed by atoms with E-state index in [1.807, 2.05) is 29.0 Å². The van der Waals surface area contributed by atoms with Crippen LogP contribution in [0.25, 0.3) is 11.0 Å². The maximum absolute atomic E-state index is 11.5. The summed E-state index contributed by atoms with van der Waals surface area (Å²) in [6.45, 7) is 0.503. The van der Waals surface area contributed by atoms with E-state index in [0.29, 0.717) is 23.0 Å². The van der Waals surface area contributed by atoms with Crippen LogP contribution >= 0.6 is 11.6 Å². The highest BCUT2D eigenvalue weighted by molar-refractivity contribution is 6.31. The van der Waals surface area contributed by atoms with Crippen LogP contribution < -0.4 is 10.2 Å². The fourth-order valence-electron chi connectivity index (χ4n) is 2.34. The van der Waals surface area contributed by atoms with E-state index in [4.69, 9.17) is 21.5 Å². The molecule has 0 spiro atoms. The number of hydrogen-bond acceptors (Lipinski definition) is 4. The van der Waals surface area contributed by atoms with E-state index in [1.54, 1.807) is 30.8 Å². The van der Waals surface area contributed by atoms with Gasteiger partial charge in [0.15, 0.2) is 0 Å². The first-order valence-electron chi connectivity index (χ1n) is 6.85. The van der Waals surface area contributed by atoms with Crippen molar-refractivity contribution >= 4 is 28.5 Å². The van der Waals surface area contributed by atoms with Crippen LogP contribution in [-0.2, 0) is 6.54 Å². The Hall–Kier alpha value is -2.57. The van der Waals surface area contributed by atoms with Crippen LogP contribution in [0.3, 0.4) is 0 Å². The Morgan fingerprint density at radius 2 is 2.17 bits per heavy atom. The molecule has 0 aliphatic heterocycles. The van der Waals surface area contributed by atoms with Gasteiger partial charge < -0.3 is 9.30 Å². The largest absolute Gasteiger partial charge is 0.497 e. The summed E-state index contributed by atoms with van der Waals surface area (Å²) in [6.07, 6.45) is 1.87. The van der Waals surface area contributed by atoms with Gasteiger partial charge in [0.05, 0.1) is 13.7 Å². The number of carbonyl (C=O) groups excluding carboxylic acids is 1. The van der Waals surface area contributed by atoms with Gasteiger partial charge in [-0.25, -0.2) is 10.5 Å². The molecular formula is C16H14ClN3O3. The van der Waals surface area contributed by atoms with Crippen molar-refractivity contribution in [3.8, 4) is 5.75 Å². The van der Waals surface area contributed by atoms with E-state index in [1.165, 1.54) is 0 Å². The number of hydrogen-bond donors (Lipinski definition) is 2. The number of amides is 1. The molecule has 3 aromatic rings. The fourth-order valence-corrected chi connectivity index (χ4v) is 2.57. The molecule has 0 aliphatic rings. The molecule has 2 aromatic heterocycles. The zero-order chi connectivity index (χ0) is 16.4. The molecule has 2 N–H and O–H groups in total. The van der Waals surface area contributed by atoms with Crippen LogP contribution in [0, 0.1) is 0 Å². The van der Waals surface area contributed by atoms with E-state index in [0.717, 1.165) is 10.9 Å². The molecule has 0 unspecified atom stereocenters. The quantitative estimate of drug-likeness (QED) is 0.569. The maximum Gasteiger partial charge on any atom is 0.293 e. The summed E-state index contributed by atoms with van der Waals surface area (Å²) in [4.78, 5) is 15.8. The highest BCUT2D eigenvalue weighted by atomic mass is 35.5. The second-order valence-corrected chi connectivity index (χ2v) is 5.36. The van der Waals surface area contributed by atoms with Crippen LogP contribution in [0.2, 0.25) is 5.02 Å². The number of nitrogens with zero attached hydrogens (tertiary/aromatic N) is 2. The van der Waals surface area contributed by atoms with E-state index in [-0.39, 0.29) is 5.69 Å². The first-order valence-corrected chi connectivity index (χ1v) is 7.23. The smallest absolute Gasteiger partial charge is 0.293 e. The average Bonchev–Trinajstić information content (AvgIpc) is 2.98. The van der Waals surface area contributed by atoms with Crippen LogP contribution in [0.5, 0.6) is 5.75 Å². The van der Waals surface area contributed by atoms with Crippen molar-refractivity contribution in [2.24, 2.45) is 0 Å². The third-order valence-corrected chi connectivity index (χ3v) is 3.90. The molecule has 0 atom stereocenters. The van der Waals surface area contributed by atoms with Crippen LogP contribution in [0.1, 0.15) is 16.1 Å². The third-order valence-electron chi connectivity index (χ3n) is 3.55. The molecule has 3 rings (SSSR count). The van der Waals surface area contributed by atoms with Crippen molar-refractivity contribution in [1.29, 1.82) is 0 Å². The van der Waals surface area contributed by atoms with Gasteiger partial charge >= 0.3 is 0 Å². The zero-order valence-corrected chi connectivity index (χ0v) is 13.0. The standard InChI is InChI=1S/C16H14ClN3O3/c1-23-12-4-2-11(13(17)8-12)9-20-7-6-10-3-5-14(16(21)19-22)18-15(10)20/h2-8,22H,9H2,1H3,(H,19,21). The molecule has 6 nitrogen and oxygen atoms in total. The Balaban J connectivity index is 1.98. The van der Waals surface area contributed by atoms with Crippen molar-refractivity contribution in [2.45, 2.75) is 6.54 Å². The summed E-state index contributed by atoms with van der Waals surface area (Å²) in [5.41, 5.74) is 3.27. The van der Waals surface area contributed by atoms with Gasteiger partial charge in [0.2, 0.25) is 0 Å². The van der Waals surface area contributed by atoms with E-state index in [9.17, 15) is 4.79 Å². The predicted molar refractivity (Wildman–Crippen MR) is 86.1 cm³/mol. The number of benzene rings is 1. The molecule has 1 aromatic carbocycles. The Labute approximate surface area is 137 Å². The van der Waals surface area contributed by atoms with E-state index < -0.39 is 5.91 Å². The van der Waals surface area contributed by atoms with Crippen molar-refractivity contribution in [1.82, 2.24) is 15.0 Å². The zero-order valence-electron chi connectivity index (χ0n) is 12.3. The summed E-state index contributed by atoms with van der Waals surface area (Å²) in [5, 5.41) is 10.2. The monoisotopic (exact) mass is 331 g/mol. The molecule has 7 heteroatoms. The molecule has 0 saturated carbocycles.